The lowest BCUT2D eigenvalue weighted by atomic mass is 9.80. The number of likely N-dealkylation sites (tertiary alicyclic amines) is 1. The van der Waals surface area contributed by atoms with Crippen molar-refractivity contribution in [2.75, 3.05) is 6.54 Å². The topological polar surface area (TPSA) is 3.24 Å². The SMILES string of the molecule is CC1CCN(Cc2ccccc2)C1C(C)(C)C. The van der Waals surface area contributed by atoms with E-state index < -0.39 is 0 Å². The van der Waals surface area contributed by atoms with Gasteiger partial charge in [0.15, 0.2) is 0 Å². The Balaban J connectivity index is 2.11. The van der Waals surface area contributed by atoms with Crippen molar-refractivity contribution in [3.8, 4) is 0 Å². The van der Waals surface area contributed by atoms with Gasteiger partial charge in [0, 0.05) is 12.6 Å². The summed E-state index contributed by atoms with van der Waals surface area (Å²) in [6.45, 7) is 11.9. The van der Waals surface area contributed by atoms with Gasteiger partial charge in [-0.1, -0.05) is 58.0 Å². The molecule has 1 heterocycles. The quantitative estimate of drug-likeness (QED) is 0.745. The minimum Gasteiger partial charge on any atom is -0.295 e. The zero-order chi connectivity index (χ0) is 12.5. The molecule has 1 saturated heterocycles. The van der Waals surface area contributed by atoms with Gasteiger partial charge in [0.05, 0.1) is 0 Å². The van der Waals surface area contributed by atoms with Crippen LogP contribution in [0, 0.1) is 11.3 Å². The molecular weight excluding hydrogens is 206 g/mol. The van der Waals surface area contributed by atoms with Crippen molar-refractivity contribution in [1.29, 1.82) is 0 Å². The highest BCUT2D eigenvalue weighted by atomic mass is 15.2. The van der Waals surface area contributed by atoms with E-state index in [4.69, 9.17) is 0 Å². The Morgan fingerprint density at radius 2 is 1.82 bits per heavy atom. The van der Waals surface area contributed by atoms with Gasteiger partial charge in [0.2, 0.25) is 0 Å². The molecule has 0 amide bonds. The molecule has 1 fully saturated rings. The van der Waals surface area contributed by atoms with Gasteiger partial charge in [-0.15, -0.1) is 0 Å². The van der Waals surface area contributed by atoms with E-state index in [1.807, 2.05) is 0 Å². The summed E-state index contributed by atoms with van der Waals surface area (Å²) in [4.78, 5) is 2.67. The molecule has 1 aliphatic heterocycles. The second-order valence-electron chi connectivity index (χ2n) is 6.53. The molecule has 1 aliphatic rings. The van der Waals surface area contributed by atoms with Gasteiger partial charge in [0.1, 0.15) is 0 Å². The van der Waals surface area contributed by atoms with Crippen LogP contribution in [0.5, 0.6) is 0 Å². The van der Waals surface area contributed by atoms with Gasteiger partial charge < -0.3 is 0 Å². The Bertz CT molecular complexity index is 350. The first kappa shape index (κ1) is 12.6. The second kappa shape index (κ2) is 4.81. The fourth-order valence-electron chi connectivity index (χ4n) is 3.42. The summed E-state index contributed by atoms with van der Waals surface area (Å²) in [7, 11) is 0. The average molecular weight is 231 g/mol. The standard InChI is InChI=1S/C16H25N/c1-13-10-11-17(15(13)16(2,3)4)12-14-8-6-5-7-9-14/h5-9,13,15H,10-12H2,1-4H3. The van der Waals surface area contributed by atoms with Crippen LogP contribution in [0.15, 0.2) is 30.3 Å². The molecule has 2 unspecified atom stereocenters. The summed E-state index contributed by atoms with van der Waals surface area (Å²) in [5.74, 6) is 0.818. The van der Waals surface area contributed by atoms with Gasteiger partial charge in [-0.3, -0.25) is 4.90 Å². The highest BCUT2D eigenvalue weighted by Crippen LogP contribution is 2.37. The fraction of sp³-hybridized carbons (Fsp3) is 0.625. The molecule has 2 rings (SSSR count). The Morgan fingerprint density at radius 1 is 1.18 bits per heavy atom. The Hall–Kier alpha value is -0.820. The summed E-state index contributed by atoms with van der Waals surface area (Å²) in [5.41, 5.74) is 1.82. The largest absolute Gasteiger partial charge is 0.295 e. The van der Waals surface area contributed by atoms with Crippen molar-refractivity contribution in [2.45, 2.75) is 46.7 Å². The zero-order valence-corrected chi connectivity index (χ0v) is 11.6. The third-order valence-electron chi connectivity index (χ3n) is 3.92. The van der Waals surface area contributed by atoms with Crippen molar-refractivity contribution >= 4 is 0 Å². The summed E-state index contributed by atoms with van der Waals surface area (Å²) in [6, 6.07) is 11.6. The lowest BCUT2D eigenvalue weighted by Crippen LogP contribution is -2.41. The number of rotatable bonds is 2. The van der Waals surface area contributed by atoms with E-state index in [0.29, 0.717) is 11.5 Å². The van der Waals surface area contributed by atoms with Crippen molar-refractivity contribution in [3.05, 3.63) is 35.9 Å². The molecule has 1 heteroatoms. The molecule has 0 spiro atoms. The predicted molar refractivity (Wildman–Crippen MR) is 73.9 cm³/mol. The van der Waals surface area contributed by atoms with Crippen molar-refractivity contribution < 1.29 is 0 Å². The maximum atomic E-state index is 2.67. The van der Waals surface area contributed by atoms with Crippen LogP contribution in [-0.4, -0.2) is 17.5 Å². The van der Waals surface area contributed by atoms with E-state index >= 15 is 0 Å². The molecule has 94 valence electrons. The third kappa shape index (κ3) is 2.90. The Morgan fingerprint density at radius 3 is 2.41 bits per heavy atom. The van der Waals surface area contributed by atoms with Crippen LogP contribution in [0.4, 0.5) is 0 Å². The first-order valence-electron chi connectivity index (χ1n) is 6.76. The third-order valence-corrected chi connectivity index (χ3v) is 3.92. The maximum absolute atomic E-state index is 2.67. The van der Waals surface area contributed by atoms with E-state index in [2.05, 4.69) is 62.9 Å². The molecular formula is C16H25N. The average Bonchev–Trinajstić information content (AvgIpc) is 2.60. The minimum absolute atomic E-state index is 0.380. The lowest BCUT2D eigenvalue weighted by Gasteiger charge is -2.37. The lowest BCUT2D eigenvalue weighted by molar-refractivity contribution is 0.110. The molecule has 0 N–H and O–H groups in total. The summed E-state index contributed by atoms with van der Waals surface area (Å²) in [6.07, 6.45) is 1.34. The van der Waals surface area contributed by atoms with Gasteiger partial charge in [-0.2, -0.15) is 0 Å². The van der Waals surface area contributed by atoms with Crippen molar-refractivity contribution in [1.82, 2.24) is 4.90 Å². The van der Waals surface area contributed by atoms with E-state index in [9.17, 15) is 0 Å². The van der Waals surface area contributed by atoms with Crippen LogP contribution in [0.25, 0.3) is 0 Å². The highest BCUT2D eigenvalue weighted by Gasteiger charge is 2.38. The van der Waals surface area contributed by atoms with Crippen LogP contribution < -0.4 is 0 Å². The van der Waals surface area contributed by atoms with Gasteiger partial charge in [0.25, 0.3) is 0 Å². The highest BCUT2D eigenvalue weighted by molar-refractivity contribution is 5.15. The monoisotopic (exact) mass is 231 g/mol. The zero-order valence-electron chi connectivity index (χ0n) is 11.6. The van der Waals surface area contributed by atoms with Gasteiger partial charge in [-0.05, 0) is 29.9 Å². The molecule has 0 aromatic heterocycles. The minimum atomic E-state index is 0.380. The molecule has 17 heavy (non-hydrogen) atoms. The summed E-state index contributed by atoms with van der Waals surface area (Å²) < 4.78 is 0. The summed E-state index contributed by atoms with van der Waals surface area (Å²) >= 11 is 0. The van der Waals surface area contributed by atoms with Crippen molar-refractivity contribution in [2.24, 2.45) is 11.3 Å². The van der Waals surface area contributed by atoms with Crippen LogP contribution in [0.2, 0.25) is 0 Å². The molecule has 0 radical (unpaired) electrons. The van der Waals surface area contributed by atoms with Crippen molar-refractivity contribution in [3.63, 3.8) is 0 Å². The van der Waals surface area contributed by atoms with Crippen LogP contribution in [0.1, 0.15) is 39.7 Å². The normalized spacial score (nSPS) is 26.4. The molecule has 2 atom stereocenters. The smallest absolute Gasteiger partial charge is 0.0237 e. The number of hydrogen-bond acceptors (Lipinski definition) is 1. The Kier molecular flexibility index (Phi) is 3.58. The molecule has 0 bridgehead atoms. The van der Waals surface area contributed by atoms with E-state index in [0.717, 1.165) is 12.5 Å². The van der Waals surface area contributed by atoms with E-state index in [-0.39, 0.29) is 0 Å². The predicted octanol–water partition coefficient (Wildman–Crippen LogP) is 3.94. The van der Waals surface area contributed by atoms with Gasteiger partial charge >= 0.3 is 0 Å². The number of hydrogen-bond donors (Lipinski definition) is 0. The molecule has 1 aromatic carbocycles. The summed E-state index contributed by atoms with van der Waals surface area (Å²) in [5, 5.41) is 0. The first-order chi connectivity index (χ1) is 7.98. The molecule has 1 aromatic rings. The van der Waals surface area contributed by atoms with Crippen LogP contribution in [0.3, 0.4) is 0 Å². The van der Waals surface area contributed by atoms with Crippen LogP contribution >= 0.6 is 0 Å². The molecule has 1 nitrogen and oxygen atoms in total. The number of benzene rings is 1. The maximum Gasteiger partial charge on any atom is 0.0237 e. The Labute approximate surface area is 106 Å². The number of nitrogens with zero attached hydrogens (tertiary/aromatic N) is 1. The molecule has 0 aliphatic carbocycles. The second-order valence-corrected chi connectivity index (χ2v) is 6.53. The fourth-order valence-corrected chi connectivity index (χ4v) is 3.42. The first-order valence-corrected chi connectivity index (χ1v) is 6.76. The van der Waals surface area contributed by atoms with E-state index in [1.165, 1.54) is 18.5 Å². The van der Waals surface area contributed by atoms with Gasteiger partial charge in [-0.25, -0.2) is 0 Å². The molecule has 0 saturated carbocycles. The van der Waals surface area contributed by atoms with E-state index in [1.54, 1.807) is 0 Å². The van der Waals surface area contributed by atoms with Crippen LogP contribution in [-0.2, 0) is 6.54 Å².